The second-order valence-corrected chi connectivity index (χ2v) is 10.1. The first-order valence-corrected chi connectivity index (χ1v) is 13.5. The molecule has 0 amide bonds. The summed E-state index contributed by atoms with van der Waals surface area (Å²) >= 11 is 0. The Morgan fingerprint density at radius 2 is 1.56 bits per heavy atom. The summed E-state index contributed by atoms with van der Waals surface area (Å²) in [6, 6.07) is 17.5. The highest BCUT2D eigenvalue weighted by molar-refractivity contribution is 5.96. The maximum Gasteiger partial charge on any atom is 0.338 e. The molecule has 5 atom stereocenters. The summed E-state index contributed by atoms with van der Waals surface area (Å²) in [6.07, 6.45) is -2.35. The largest absolute Gasteiger partial charge is 0.504 e. The van der Waals surface area contributed by atoms with Gasteiger partial charge in [-0.05, 0) is 54.8 Å². The second-order valence-electron chi connectivity index (χ2n) is 10.1. The minimum atomic E-state index is -1.67. The first-order valence-electron chi connectivity index (χ1n) is 13.5. The molecule has 0 unspecified atom stereocenters. The number of allylic oxidation sites excluding steroid dienone is 1. The molecule has 0 saturated carbocycles. The summed E-state index contributed by atoms with van der Waals surface area (Å²) in [4.78, 5) is 37.1. The molecule has 1 heterocycles. The Bertz CT molecular complexity index is 1440. The van der Waals surface area contributed by atoms with Gasteiger partial charge in [0.15, 0.2) is 23.0 Å². The molecule has 0 aliphatic carbocycles. The molecule has 3 aromatic carbocycles. The zero-order valence-electron chi connectivity index (χ0n) is 23.2. The van der Waals surface area contributed by atoms with Crippen molar-refractivity contribution in [2.75, 3.05) is 6.61 Å². The van der Waals surface area contributed by atoms with Crippen molar-refractivity contribution in [1.82, 2.24) is 0 Å². The lowest BCUT2D eigenvalue weighted by Crippen LogP contribution is -2.59. The number of ketones is 2. The molecule has 11 heteroatoms. The van der Waals surface area contributed by atoms with E-state index in [4.69, 9.17) is 14.2 Å². The van der Waals surface area contributed by atoms with Crippen LogP contribution in [0.3, 0.4) is 0 Å². The normalized spacial score (nSPS) is 21.8. The highest BCUT2D eigenvalue weighted by Crippen LogP contribution is 2.36. The fraction of sp³-hybridized carbons (Fsp3) is 0.281. The predicted octanol–water partition coefficient (Wildman–Crippen LogP) is 2.91. The van der Waals surface area contributed by atoms with Gasteiger partial charge >= 0.3 is 5.97 Å². The number of carbonyl (C=O) groups is 3. The third-order valence-corrected chi connectivity index (χ3v) is 6.89. The van der Waals surface area contributed by atoms with Gasteiger partial charge < -0.3 is 44.5 Å². The molecule has 226 valence electrons. The summed E-state index contributed by atoms with van der Waals surface area (Å²) in [5, 5.41) is 50.7. The van der Waals surface area contributed by atoms with E-state index in [-0.39, 0.29) is 17.1 Å². The van der Waals surface area contributed by atoms with Crippen LogP contribution in [0.1, 0.15) is 34.8 Å². The third kappa shape index (κ3) is 7.98. The van der Waals surface area contributed by atoms with E-state index in [9.17, 15) is 39.9 Å². The number of hydrogen-bond donors (Lipinski definition) is 5. The van der Waals surface area contributed by atoms with Crippen LogP contribution in [0, 0.1) is 5.92 Å². The molecule has 4 rings (SSSR count). The van der Waals surface area contributed by atoms with Crippen LogP contribution in [0.15, 0.2) is 72.8 Å². The van der Waals surface area contributed by atoms with Gasteiger partial charge in [-0.25, -0.2) is 4.79 Å². The van der Waals surface area contributed by atoms with Gasteiger partial charge in [0, 0.05) is 6.42 Å². The van der Waals surface area contributed by atoms with Crippen molar-refractivity contribution in [1.29, 1.82) is 0 Å². The van der Waals surface area contributed by atoms with Crippen LogP contribution in [-0.2, 0) is 25.5 Å². The van der Waals surface area contributed by atoms with E-state index in [0.717, 1.165) is 23.3 Å². The van der Waals surface area contributed by atoms with Crippen molar-refractivity contribution in [2.24, 2.45) is 5.92 Å². The molecule has 1 aliphatic heterocycles. The fourth-order valence-electron chi connectivity index (χ4n) is 4.48. The van der Waals surface area contributed by atoms with Gasteiger partial charge in [0.1, 0.15) is 36.3 Å². The van der Waals surface area contributed by atoms with Crippen LogP contribution in [-0.4, -0.2) is 74.3 Å². The summed E-state index contributed by atoms with van der Waals surface area (Å²) in [7, 11) is 0. The summed E-state index contributed by atoms with van der Waals surface area (Å²) < 4.78 is 17.0. The zero-order valence-corrected chi connectivity index (χ0v) is 23.2. The molecule has 0 radical (unpaired) electrons. The molecule has 3 aromatic rings. The smallest absolute Gasteiger partial charge is 0.338 e. The maximum absolute atomic E-state index is 13.3. The quantitative estimate of drug-likeness (QED) is 0.126. The number of carbonyl (C=O) groups excluding carboxylic acids is 3. The number of aryl methyl sites for hydroxylation is 1. The number of rotatable bonds is 11. The van der Waals surface area contributed by atoms with Crippen molar-refractivity contribution in [3.63, 3.8) is 0 Å². The molecule has 1 saturated heterocycles. The number of aliphatic hydroxyl groups is 2. The number of benzene rings is 3. The van der Waals surface area contributed by atoms with Crippen molar-refractivity contribution >= 4 is 23.6 Å². The van der Waals surface area contributed by atoms with Crippen LogP contribution in [0.4, 0.5) is 0 Å². The molecule has 11 nitrogen and oxygen atoms in total. The monoisotopic (exact) mass is 592 g/mol. The van der Waals surface area contributed by atoms with Crippen LogP contribution < -0.4 is 4.74 Å². The molecule has 5 N–H and O–H groups in total. The first kappa shape index (κ1) is 31.2. The molecular weight excluding hydrogens is 560 g/mol. The fourth-order valence-corrected chi connectivity index (χ4v) is 4.48. The molecule has 43 heavy (non-hydrogen) atoms. The van der Waals surface area contributed by atoms with E-state index >= 15 is 0 Å². The first-order chi connectivity index (χ1) is 20.5. The van der Waals surface area contributed by atoms with Gasteiger partial charge in [-0.15, -0.1) is 0 Å². The van der Waals surface area contributed by atoms with E-state index in [2.05, 4.69) is 0 Å². The third-order valence-electron chi connectivity index (χ3n) is 6.89. The lowest BCUT2D eigenvalue weighted by molar-refractivity contribution is -0.253. The number of phenolic OH excluding ortho intramolecular Hbond substituents is 3. The van der Waals surface area contributed by atoms with Crippen molar-refractivity contribution in [2.45, 2.75) is 44.4 Å². The van der Waals surface area contributed by atoms with Crippen LogP contribution in [0.5, 0.6) is 23.0 Å². The van der Waals surface area contributed by atoms with Crippen LogP contribution in [0.25, 0.3) is 6.08 Å². The van der Waals surface area contributed by atoms with Crippen molar-refractivity contribution in [3.05, 3.63) is 89.5 Å². The Morgan fingerprint density at radius 1 is 0.907 bits per heavy atom. The molecular formula is C32H32O11. The standard InChI is InChI=1S/C32H32O11/c1-18(33)7-8-20-9-12-22(13-10-20)42-32-27(23(34)14-11-19-5-3-2-4-6-19)30(39)29(38)26(43-32)17-41-31(40)21-15-24(35)28(37)25(36)16-21/h2-6,9-16,26-27,29-30,32,35-39H,7-8,17H2,1H3/t26-,27-,29-,30-,32+/m1/s1. The van der Waals surface area contributed by atoms with Crippen LogP contribution in [0.2, 0.25) is 0 Å². The lowest BCUT2D eigenvalue weighted by atomic mass is 9.87. The van der Waals surface area contributed by atoms with Gasteiger partial charge in [0.2, 0.25) is 6.29 Å². The minimum Gasteiger partial charge on any atom is -0.504 e. The lowest BCUT2D eigenvalue weighted by Gasteiger charge is -2.41. The molecule has 1 fully saturated rings. The number of ether oxygens (including phenoxy) is 3. The Kier molecular flexibility index (Phi) is 10.1. The number of phenols is 3. The molecule has 0 bridgehead atoms. The predicted molar refractivity (Wildman–Crippen MR) is 152 cm³/mol. The Balaban J connectivity index is 1.53. The van der Waals surface area contributed by atoms with Gasteiger partial charge in [-0.2, -0.15) is 0 Å². The summed E-state index contributed by atoms with van der Waals surface area (Å²) in [6.45, 7) is 0.914. The van der Waals surface area contributed by atoms with E-state index in [0.29, 0.717) is 12.8 Å². The molecule has 0 spiro atoms. The van der Waals surface area contributed by atoms with Gasteiger partial charge in [-0.1, -0.05) is 48.5 Å². The average molecular weight is 593 g/mol. The SMILES string of the molecule is CC(=O)CCc1ccc(O[C@H]2O[C@H](COC(=O)c3cc(O)c(O)c(O)c3)[C@@H](O)[C@H](O)[C@H]2C(=O)C=Cc2ccccc2)cc1. The zero-order chi connectivity index (χ0) is 31.1. The summed E-state index contributed by atoms with van der Waals surface area (Å²) in [5.41, 5.74) is 1.32. The molecule has 1 aliphatic rings. The van der Waals surface area contributed by atoms with Crippen molar-refractivity contribution in [3.8, 4) is 23.0 Å². The van der Waals surface area contributed by atoms with Gasteiger partial charge in [-0.3, -0.25) is 4.79 Å². The average Bonchev–Trinajstić information content (AvgIpc) is 2.99. The van der Waals surface area contributed by atoms with Crippen LogP contribution >= 0.6 is 0 Å². The molecule has 0 aromatic heterocycles. The highest BCUT2D eigenvalue weighted by Gasteiger charge is 2.49. The number of aliphatic hydroxyl groups excluding tert-OH is 2. The Morgan fingerprint density at radius 3 is 2.19 bits per heavy atom. The number of aromatic hydroxyl groups is 3. The Labute approximate surface area is 247 Å². The van der Waals surface area contributed by atoms with E-state index < -0.39 is 66.1 Å². The Hall–Kier alpha value is -4.71. The van der Waals surface area contributed by atoms with E-state index in [1.807, 2.05) is 6.07 Å². The summed E-state index contributed by atoms with van der Waals surface area (Å²) in [5.74, 6) is -4.93. The van der Waals surface area contributed by atoms with Gasteiger partial charge in [0.25, 0.3) is 0 Å². The minimum absolute atomic E-state index is 0.0548. The number of esters is 1. The van der Waals surface area contributed by atoms with E-state index in [1.165, 1.54) is 13.0 Å². The maximum atomic E-state index is 13.3. The van der Waals surface area contributed by atoms with E-state index in [1.54, 1.807) is 54.6 Å². The highest BCUT2D eigenvalue weighted by atomic mass is 16.7. The van der Waals surface area contributed by atoms with Gasteiger partial charge in [0.05, 0.1) is 11.7 Å². The number of Topliss-reactive ketones (excluding diaryl/α,β-unsaturated/α-hetero) is 1. The van der Waals surface area contributed by atoms with Crippen molar-refractivity contribution < 1.29 is 54.1 Å². The second kappa shape index (κ2) is 14.0. The number of hydrogen-bond acceptors (Lipinski definition) is 11. The topological polar surface area (TPSA) is 180 Å².